The van der Waals surface area contributed by atoms with E-state index in [1.54, 1.807) is 6.07 Å². The number of rotatable bonds is 10. The Bertz CT molecular complexity index is 2200. The van der Waals surface area contributed by atoms with E-state index < -0.39 is 23.7 Å². The Morgan fingerprint density at radius 3 is 2.45 bits per heavy atom. The van der Waals surface area contributed by atoms with Crippen molar-refractivity contribution < 1.29 is 28.3 Å². The van der Waals surface area contributed by atoms with Crippen molar-refractivity contribution in [2.45, 2.75) is 69.9 Å². The van der Waals surface area contributed by atoms with E-state index in [4.69, 9.17) is 9.84 Å². The molecular formula is C41H48BrFN10O5. The standard InChI is InChI=1S/C41H48BrFN10O5/c1-58-41-44-22-30(42)37(48-41)40(57)46-34-19-26-24-53(49-33(26)21-35(34)52-13-3-2-4-14-52)27-11-15-50(16-12-27)23-25-9-17-51(18-10-25)28-5-6-29(31(43)20-28)38(55)45-32-7-8-36(54)47-39(32)56/h5-6,19-22,24-25,27,32H,2-4,7-18,23H2,1H3,(H,45,55)(H,46,57)(H,47,54,56)/t32-/m0/s1. The number of fused-ring (bicyclic) bond motifs is 1. The van der Waals surface area contributed by atoms with Gasteiger partial charge in [0, 0.05) is 75.7 Å². The predicted octanol–water partition coefficient (Wildman–Crippen LogP) is 5.07. The second-order valence-corrected chi connectivity index (χ2v) is 16.6. The summed E-state index contributed by atoms with van der Waals surface area (Å²) in [6, 6.07) is 8.28. The normalized spacial score (nSPS) is 19.9. The number of ether oxygens (including phenoxy) is 1. The second-order valence-electron chi connectivity index (χ2n) is 15.7. The SMILES string of the molecule is COc1ncc(Br)c(C(=O)Nc2cc3cn(C4CCN(CC5CCN(c6ccc(C(=O)N[C@H]7CCC(=O)NC7=O)c(F)c6)CC5)CC4)nc3cc2N2CCCCC2)n1. The third-order valence-electron chi connectivity index (χ3n) is 11.9. The smallest absolute Gasteiger partial charge is 0.316 e. The van der Waals surface area contributed by atoms with Crippen LogP contribution < -0.4 is 30.5 Å². The number of halogens is 2. The fourth-order valence-electron chi connectivity index (χ4n) is 8.61. The van der Waals surface area contributed by atoms with E-state index in [-0.39, 0.29) is 48.0 Å². The van der Waals surface area contributed by atoms with Crippen molar-refractivity contribution in [3.63, 3.8) is 0 Å². The van der Waals surface area contributed by atoms with Crippen LogP contribution in [-0.2, 0) is 9.59 Å². The molecule has 0 unspecified atom stereocenters. The van der Waals surface area contributed by atoms with Gasteiger partial charge in [-0.1, -0.05) is 0 Å². The van der Waals surface area contributed by atoms with Crippen molar-refractivity contribution in [2.24, 2.45) is 5.92 Å². The number of carbonyl (C=O) groups excluding carboxylic acids is 4. The Kier molecular flexibility index (Phi) is 11.9. The van der Waals surface area contributed by atoms with Gasteiger partial charge < -0.3 is 30.1 Å². The van der Waals surface area contributed by atoms with Crippen molar-refractivity contribution in [3.8, 4) is 6.01 Å². The summed E-state index contributed by atoms with van der Waals surface area (Å²) in [5.74, 6) is -2.07. The summed E-state index contributed by atoms with van der Waals surface area (Å²) in [4.78, 5) is 65.1. The Hall–Kier alpha value is -5.16. The van der Waals surface area contributed by atoms with Crippen LogP contribution in [0.5, 0.6) is 6.01 Å². The maximum Gasteiger partial charge on any atom is 0.316 e. The van der Waals surface area contributed by atoms with Gasteiger partial charge in [0.2, 0.25) is 11.8 Å². The summed E-state index contributed by atoms with van der Waals surface area (Å²) in [5, 5.41) is 13.9. The van der Waals surface area contributed by atoms with E-state index in [1.807, 2.05) is 6.07 Å². The summed E-state index contributed by atoms with van der Waals surface area (Å²) in [5.41, 5.74) is 3.39. The number of piperidine rings is 4. The van der Waals surface area contributed by atoms with Gasteiger partial charge >= 0.3 is 6.01 Å². The monoisotopic (exact) mass is 858 g/mol. The number of anilines is 3. The first-order valence-electron chi connectivity index (χ1n) is 20.2. The molecule has 8 rings (SSSR count). The molecule has 0 spiro atoms. The zero-order valence-corrected chi connectivity index (χ0v) is 34.1. The molecule has 17 heteroatoms. The Morgan fingerprint density at radius 1 is 0.948 bits per heavy atom. The first kappa shape index (κ1) is 39.7. The molecule has 4 fully saturated rings. The van der Waals surface area contributed by atoms with Crippen LogP contribution in [0, 0.1) is 11.7 Å². The van der Waals surface area contributed by atoms with Crippen molar-refractivity contribution in [1.82, 2.24) is 35.3 Å². The number of amides is 4. The molecule has 0 bridgehead atoms. The number of likely N-dealkylation sites (tertiary alicyclic amines) is 1. The lowest BCUT2D eigenvalue weighted by molar-refractivity contribution is -0.134. The molecule has 0 aliphatic carbocycles. The van der Waals surface area contributed by atoms with E-state index >= 15 is 4.39 Å². The molecule has 4 amide bonds. The number of nitrogens with zero attached hydrogens (tertiary/aromatic N) is 7. The van der Waals surface area contributed by atoms with Gasteiger partial charge in [0.15, 0.2) is 0 Å². The molecule has 6 heterocycles. The van der Waals surface area contributed by atoms with Gasteiger partial charge in [0.1, 0.15) is 17.6 Å². The maximum absolute atomic E-state index is 15.1. The fraction of sp³-hybridized carbons (Fsp3) is 0.488. The van der Waals surface area contributed by atoms with Crippen molar-refractivity contribution >= 4 is 67.5 Å². The maximum atomic E-state index is 15.1. The van der Waals surface area contributed by atoms with E-state index in [0.29, 0.717) is 10.4 Å². The first-order valence-corrected chi connectivity index (χ1v) is 21.0. The molecule has 58 heavy (non-hydrogen) atoms. The molecule has 0 radical (unpaired) electrons. The third-order valence-corrected chi connectivity index (χ3v) is 12.5. The van der Waals surface area contributed by atoms with Crippen molar-refractivity contribution in [3.05, 3.63) is 64.3 Å². The molecular weight excluding hydrogens is 811 g/mol. The van der Waals surface area contributed by atoms with E-state index in [0.717, 1.165) is 112 Å². The molecule has 1 atom stereocenters. The molecule has 306 valence electrons. The first-order chi connectivity index (χ1) is 28.1. The van der Waals surface area contributed by atoms with Crippen LogP contribution in [0.15, 0.2) is 47.2 Å². The minimum atomic E-state index is -0.861. The summed E-state index contributed by atoms with van der Waals surface area (Å²) < 4.78 is 22.9. The largest absolute Gasteiger partial charge is 0.467 e. The highest BCUT2D eigenvalue weighted by Gasteiger charge is 2.30. The molecule has 0 saturated carbocycles. The Balaban J connectivity index is 0.855. The van der Waals surface area contributed by atoms with Gasteiger partial charge in [0.25, 0.3) is 11.8 Å². The topological polar surface area (TPSA) is 167 Å². The zero-order chi connectivity index (χ0) is 40.3. The number of hydrogen-bond acceptors (Lipinski definition) is 11. The Labute approximate surface area is 344 Å². The third kappa shape index (κ3) is 8.79. The number of hydrogen-bond donors (Lipinski definition) is 3. The van der Waals surface area contributed by atoms with Crippen LogP contribution in [-0.4, -0.2) is 107 Å². The number of nitrogens with one attached hydrogen (secondary N) is 3. The number of imide groups is 1. The average Bonchev–Trinajstić information content (AvgIpc) is 3.65. The average molecular weight is 860 g/mol. The van der Waals surface area contributed by atoms with Crippen LogP contribution in [0.3, 0.4) is 0 Å². The van der Waals surface area contributed by atoms with Gasteiger partial charge in [0.05, 0.1) is 40.1 Å². The summed E-state index contributed by atoms with van der Waals surface area (Å²) in [6.45, 7) is 6.41. The van der Waals surface area contributed by atoms with Crippen LogP contribution in [0.2, 0.25) is 0 Å². The lowest BCUT2D eigenvalue weighted by Gasteiger charge is -2.38. The summed E-state index contributed by atoms with van der Waals surface area (Å²) in [6.07, 6.45) is 11.3. The van der Waals surface area contributed by atoms with Crippen LogP contribution in [0.25, 0.3) is 10.9 Å². The minimum Gasteiger partial charge on any atom is -0.467 e. The highest BCUT2D eigenvalue weighted by molar-refractivity contribution is 9.10. The highest BCUT2D eigenvalue weighted by atomic mass is 79.9. The van der Waals surface area contributed by atoms with Gasteiger partial charge in [-0.2, -0.15) is 10.1 Å². The summed E-state index contributed by atoms with van der Waals surface area (Å²) >= 11 is 3.41. The molecule has 2 aromatic carbocycles. The van der Waals surface area contributed by atoms with Crippen LogP contribution in [0.4, 0.5) is 21.5 Å². The number of aromatic nitrogens is 4. The van der Waals surface area contributed by atoms with Crippen molar-refractivity contribution in [2.75, 3.05) is 68.0 Å². The van der Waals surface area contributed by atoms with Gasteiger partial charge in [-0.05, 0) is 104 Å². The molecule has 4 aliphatic rings. The molecule has 3 N–H and O–H groups in total. The second kappa shape index (κ2) is 17.4. The van der Waals surface area contributed by atoms with E-state index in [1.165, 1.54) is 31.9 Å². The van der Waals surface area contributed by atoms with Gasteiger partial charge in [-0.15, -0.1) is 0 Å². The lowest BCUT2D eigenvalue weighted by atomic mass is 9.94. The molecule has 4 saturated heterocycles. The Morgan fingerprint density at radius 2 is 1.72 bits per heavy atom. The van der Waals surface area contributed by atoms with Gasteiger partial charge in [-0.25, -0.2) is 9.37 Å². The fourth-order valence-corrected chi connectivity index (χ4v) is 8.98. The molecule has 4 aromatic rings. The van der Waals surface area contributed by atoms with Crippen LogP contribution in [0.1, 0.15) is 84.7 Å². The van der Waals surface area contributed by atoms with Crippen molar-refractivity contribution in [1.29, 1.82) is 0 Å². The molecule has 15 nitrogen and oxygen atoms in total. The molecule has 2 aromatic heterocycles. The van der Waals surface area contributed by atoms with Crippen LogP contribution >= 0.6 is 15.9 Å². The minimum absolute atomic E-state index is 0.120. The van der Waals surface area contributed by atoms with E-state index in [9.17, 15) is 19.2 Å². The number of carbonyl (C=O) groups is 4. The number of methoxy groups -OCH3 is 1. The highest BCUT2D eigenvalue weighted by Crippen LogP contribution is 2.35. The van der Waals surface area contributed by atoms with E-state index in [2.05, 4.69) is 73.5 Å². The molecule has 4 aliphatic heterocycles. The quantitative estimate of drug-likeness (QED) is 0.182. The zero-order valence-electron chi connectivity index (χ0n) is 32.5. The lowest BCUT2D eigenvalue weighted by Crippen LogP contribution is -2.52. The number of benzene rings is 2. The van der Waals surface area contributed by atoms with Gasteiger partial charge in [-0.3, -0.25) is 29.2 Å². The summed E-state index contributed by atoms with van der Waals surface area (Å²) in [7, 11) is 1.47. The predicted molar refractivity (Wildman–Crippen MR) is 220 cm³/mol.